The van der Waals surface area contributed by atoms with Gasteiger partial charge in [0.25, 0.3) is 0 Å². The van der Waals surface area contributed by atoms with Crippen LogP contribution in [0.4, 0.5) is 0 Å². The molecule has 1 saturated heterocycles. The van der Waals surface area contributed by atoms with E-state index in [1.807, 2.05) is 6.92 Å². The maximum absolute atomic E-state index is 11.5. The molecule has 1 saturated carbocycles. The Morgan fingerprint density at radius 2 is 2.29 bits per heavy atom. The van der Waals surface area contributed by atoms with E-state index in [0.717, 1.165) is 12.5 Å². The molecule has 14 heavy (non-hydrogen) atoms. The fraction of sp³-hybridized carbons (Fsp3) is 0.900. The van der Waals surface area contributed by atoms with Crippen molar-refractivity contribution in [1.82, 2.24) is 5.32 Å². The van der Waals surface area contributed by atoms with Gasteiger partial charge in [0.15, 0.2) is 0 Å². The molecule has 1 aliphatic carbocycles. The lowest BCUT2D eigenvalue weighted by Gasteiger charge is -2.15. The van der Waals surface area contributed by atoms with Gasteiger partial charge < -0.3 is 10.1 Å². The van der Waals surface area contributed by atoms with Crippen molar-refractivity contribution in [3.63, 3.8) is 0 Å². The SMILES string of the molecule is CCOC(=O)C1NC[C@@H]2CCC[C@H]12.Cl. The van der Waals surface area contributed by atoms with Crippen LogP contribution < -0.4 is 5.32 Å². The maximum atomic E-state index is 11.5. The summed E-state index contributed by atoms with van der Waals surface area (Å²) < 4.78 is 5.03. The molecule has 1 aliphatic heterocycles. The standard InChI is InChI=1S/C10H17NO2.ClH/c1-2-13-10(12)9-8-5-3-4-7(8)6-11-9;/h7-9,11H,2-6H2,1H3;1H/t7-,8-,9?;/m0./s1. The zero-order valence-corrected chi connectivity index (χ0v) is 9.31. The number of nitrogens with one attached hydrogen (secondary N) is 1. The van der Waals surface area contributed by atoms with Crippen molar-refractivity contribution in [1.29, 1.82) is 0 Å². The van der Waals surface area contributed by atoms with Crippen LogP contribution in [0.2, 0.25) is 0 Å². The third kappa shape index (κ3) is 2.04. The van der Waals surface area contributed by atoms with Gasteiger partial charge in [0.1, 0.15) is 6.04 Å². The molecule has 2 aliphatic rings. The molecule has 2 rings (SSSR count). The van der Waals surface area contributed by atoms with Crippen molar-refractivity contribution in [3.8, 4) is 0 Å². The molecule has 1 N–H and O–H groups in total. The Morgan fingerprint density at radius 1 is 1.50 bits per heavy atom. The van der Waals surface area contributed by atoms with Gasteiger partial charge in [-0.05, 0) is 38.1 Å². The highest BCUT2D eigenvalue weighted by atomic mass is 35.5. The summed E-state index contributed by atoms with van der Waals surface area (Å²) in [7, 11) is 0. The van der Waals surface area contributed by atoms with E-state index in [4.69, 9.17) is 4.74 Å². The quantitative estimate of drug-likeness (QED) is 0.713. The number of ether oxygens (including phenoxy) is 1. The molecule has 0 aromatic rings. The van der Waals surface area contributed by atoms with E-state index in [1.54, 1.807) is 0 Å². The molecule has 3 atom stereocenters. The Balaban J connectivity index is 0.000000980. The Morgan fingerprint density at radius 3 is 3.00 bits per heavy atom. The van der Waals surface area contributed by atoms with Crippen molar-refractivity contribution in [2.75, 3.05) is 13.2 Å². The van der Waals surface area contributed by atoms with Crippen LogP contribution in [-0.4, -0.2) is 25.2 Å². The van der Waals surface area contributed by atoms with Gasteiger partial charge in [-0.15, -0.1) is 12.4 Å². The average molecular weight is 220 g/mol. The lowest BCUT2D eigenvalue weighted by atomic mass is 9.94. The zero-order valence-electron chi connectivity index (χ0n) is 8.49. The van der Waals surface area contributed by atoms with Crippen LogP contribution in [0.5, 0.6) is 0 Å². The molecule has 0 amide bonds. The van der Waals surface area contributed by atoms with Gasteiger partial charge >= 0.3 is 5.97 Å². The first kappa shape index (κ1) is 11.8. The van der Waals surface area contributed by atoms with Crippen molar-refractivity contribution in [2.45, 2.75) is 32.2 Å². The van der Waals surface area contributed by atoms with Gasteiger partial charge in [0.2, 0.25) is 0 Å². The number of fused-ring (bicyclic) bond motifs is 1. The molecular weight excluding hydrogens is 202 g/mol. The third-order valence-corrected chi connectivity index (χ3v) is 3.29. The number of esters is 1. The highest BCUT2D eigenvalue weighted by molar-refractivity contribution is 5.85. The van der Waals surface area contributed by atoms with Crippen molar-refractivity contribution >= 4 is 18.4 Å². The van der Waals surface area contributed by atoms with Crippen LogP contribution in [-0.2, 0) is 9.53 Å². The second kappa shape index (κ2) is 4.99. The predicted octanol–water partition coefficient (Wildman–Crippen LogP) is 1.36. The Kier molecular flexibility index (Phi) is 4.20. The fourth-order valence-electron chi connectivity index (χ4n) is 2.68. The molecule has 1 heterocycles. The highest BCUT2D eigenvalue weighted by Gasteiger charge is 2.42. The summed E-state index contributed by atoms with van der Waals surface area (Å²) in [5, 5.41) is 3.27. The lowest BCUT2D eigenvalue weighted by Crippen LogP contribution is -2.37. The zero-order chi connectivity index (χ0) is 9.26. The van der Waals surface area contributed by atoms with E-state index >= 15 is 0 Å². The van der Waals surface area contributed by atoms with Crippen molar-refractivity contribution in [3.05, 3.63) is 0 Å². The summed E-state index contributed by atoms with van der Waals surface area (Å²) in [4.78, 5) is 11.5. The number of halogens is 1. The number of rotatable bonds is 2. The van der Waals surface area contributed by atoms with E-state index in [0.29, 0.717) is 12.5 Å². The molecule has 4 heteroatoms. The summed E-state index contributed by atoms with van der Waals surface area (Å²) in [5.41, 5.74) is 0. The van der Waals surface area contributed by atoms with E-state index in [1.165, 1.54) is 19.3 Å². The second-order valence-electron chi connectivity index (χ2n) is 3.99. The fourth-order valence-corrected chi connectivity index (χ4v) is 2.68. The molecule has 1 unspecified atom stereocenters. The van der Waals surface area contributed by atoms with Gasteiger partial charge in [0, 0.05) is 0 Å². The second-order valence-corrected chi connectivity index (χ2v) is 3.99. The summed E-state index contributed by atoms with van der Waals surface area (Å²) in [6.45, 7) is 3.36. The van der Waals surface area contributed by atoms with E-state index < -0.39 is 0 Å². The smallest absolute Gasteiger partial charge is 0.323 e. The number of carbonyl (C=O) groups excluding carboxylic acids is 1. The molecular formula is C10H18ClNO2. The monoisotopic (exact) mass is 219 g/mol. The van der Waals surface area contributed by atoms with Crippen LogP contribution in [0.25, 0.3) is 0 Å². The van der Waals surface area contributed by atoms with E-state index in [9.17, 15) is 4.79 Å². The average Bonchev–Trinajstić information content (AvgIpc) is 2.62. The maximum Gasteiger partial charge on any atom is 0.323 e. The van der Waals surface area contributed by atoms with E-state index in [2.05, 4.69) is 5.32 Å². The van der Waals surface area contributed by atoms with Crippen LogP contribution in [0.1, 0.15) is 26.2 Å². The molecule has 2 fully saturated rings. The number of hydrogen-bond donors (Lipinski definition) is 1. The number of hydrogen-bond acceptors (Lipinski definition) is 3. The Bertz CT molecular complexity index is 210. The highest BCUT2D eigenvalue weighted by Crippen LogP contribution is 2.37. The topological polar surface area (TPSA) is 38.3 Å². The van der Waals surface area contributed by atoms with Crippen LogP contribution in [0.15, 0.2) is 0 Å². The molecule has 0 spiro atoms. The Labute approximate surface area is 91.0 Å². The molecule has 0 aromatic heterocycles. The van der Waals surface area contributed by atoms with Gasteiger partial charge in [-0.2, -0.15) is 0 Å². The largest absolute Gasteiger partial charge is 0.465 e. The first-order valence-electron chi connectivity index (χ1n) is 5.23. The number of carbonyl (C=O) groups is 1. The van der Waals surface area contributed by atoms with Crippen LogP contribution in [0.3, 0.4) is 0 Å². The predicted molar refractivity (Wildman–Crippen MR) is 56.5 cm³/mol. The summed E-state index contributed by atoms with van der Waals surface area (Å²) in [6.07, 6.45) is 3.77. The molecule has 0 radical (unpaired) electrons. The minimum atomic E-state index is -0.0445. The normalized spacial score (nSPS) is 34.8. The molecule has 82 valence electrons. The van der Waals surface area contributed by atoms with Gasteiger partial charge in [-0.3, -0.25) is 4.79 Å². The van der Waals surface area contributed by atoms with Gasteiger partial charge in [0.05, 0.1) is 6.61 Å². The molecule has 0 aromatic carbocycles. The summed E-state index contributed by atoms with van der Waals surface area (Å²) in [5.74, 6) is 1.24. The molecule has 0 bridgehead atoms. The van der Waals surface area contributed by atoms with Crippen LogP contribution in [0, 0.1) is 11.8 Å². The third-order valence-electron chi connectivity index (χ3n) is 3.29. The molecule has 3 nitrogen and oxygen atoms in total. The summed E-state index contributed by atoms with van der Waals surface area (Å²) in [6, 6.07) is -0.00699. The van der Waals surface area contributed by atoms with E-state index in [-0.39, 0.29) is 24.4 Å². The van der Waals surface area contributed by atoms with Crippen molar-refractivity contribution in [2.24, 2.45) is 11.8 Å². The first-order valence-corrected chi connectivity index (χ1v) is 5.23. The van der Waals surface area contributed by atoms with Gasteiger partial charge in [-0.25, -0.2) is 0 Å². The van der Waals surface area contributed by atoms with Gasteiger partial charge in [-0.1, -0.05) is 6.42 Å². The van der Waals surface area contributed by atoms with Crippen LogP contribution >= 0.6 is 12.4 Å². The summed E-state index contributed by atoms with van der Waals surface area (Å²) >= 11 is 0. The minimum absolute atomic E-state index is 0. The minimum Gasteiger partial charge on any atom is -0.465 e. The van der Waals surface area contributed by atoms with Crippen molar-refractivity contribution < 1.29 is 9.53 Å². The lowest BCUT2D eigenvalue weighted by molar-refractivity contribution is -0.146. The first-order chi connectivity index (χ1) is 6.33. The Hall–Kier alpha value is -0.280.